The largest absolute Gasteiger partial charge is 0.261 e. The quantitative estimate of drug-likeness (QED) is 0.377. The van der Waals surface area contributed by atoms with Gasteiger partial charge >= 0.3 is 0 Å². The minimum absolute atomic E-state index is 0.315. The second-order valence-electron chi connectivity index (χ2n) is 4.77. The van der Waals surface area contributed by atoms with E-state index < -0.39 is 0 Å². The molecule has 0 saturated heterocycles. The molecule has 1 nitrogen and oxygen atoms in total. The first kappa shape index (κ1) is 19.1. The Morgan fingerprint density at radius 1 is 1.04 bits per heavy atom. The SMILES string of the molecule is C/C=C\C(=C/C)P(CCc1ccccn1)c1ccccc1.C=C. The molecule has 1 aromatic carbocycles. The average molecular weight is 323 g/mol. The molecule has 0 saturated carbocycles. The van der Waals surface area contributed by atoms with Gasteiger partial charge in [-0.2, -0.15) is 0 Å². The monoisotopic (exact) mass is 323 g/mol. The molecule has 0 fully saturated rings. The molecule has 0 N–H and O–H groups in total. The van der Waals surface area contributed by atoms with Crippen molar-refractivity contribution in [2.75, 3.05) is 6.16 Å². The summed E-state index contributed by atoms with van der Waals surface area (Å²) < 4.78 is 0. The molecule has 23 heavy (non-hydrogen) atoms. The van der Waals surface area contributed by atoms with E-state index in [2.05, 4.69) is 92.7 Å². The number of hydrogen-bond acceptors (Lipinski definition) is 1. The van der Waals surface area contributed by atoms with Gasteiger partial charge in [-0.05, 0) is 57.1 Å². The van der Waals surface area contributed by atoms with Crippen molar-refractivity contribution in [2.45, 2.75) is 20.3 Å². The summed E-state index contributed by atoms with van der Waals surface area (Å²) in [5.74, 6) is 0. The van der Waals surface area contributed by atoms with Gasteiger partial charge in [0.05, 0.1) is 0 Å². The Morgan fingerprint density at radius 3 is 2.30 bits per heavy atom. The summed E-state index contributed by atoms with van der Waals surface area (Å²) in [7, 11) is -0.315. The van der Waals surface area contributed by atoms with Crippen LogP contribution in [0.25, 0.3) is 0 Å². The van der Waals surface area contributed by atoms with E-state index in [0.29, 0.717) is 0 Å². The van der Waals surface area contributed by atoms with Crippen molar-refractivity contribution in [2.24, 2.45) is 0 Å². The summed E-state index contributed by atoms with van der Waals surface area (Å²) in [6, 6.07) is 17.0. The smallest absolute Gasteiger partial charge is 0.0407 e. The van der Waals surface area contributed by atoms with E-state index in [1.807, 2.05) is 12.3 Å². The van der Waals surface area contributed by atoms with Gasteiger partial charge in [-0.15, -0.1) is 13.2 Å². The fourth-order valence-electron chi connectivity index (χ4n) is 2.30. The van der Waals surface area contributed by atoms with Crippen LogP contribution in [-0.2, 0) is 6.42 Å². The molecule has 2 aromatic rings. The van der Waals surface area contributed by atoms with Crippen LogP contribution >= 0.6 is 7.92 Å². The number of benzene rings is 1. The summed E-state index contributed by atoms with van der Waals surface area (Å²) in [5, 5.41) is 2.88. The lowest BCUT2D eigenvalue weighted by molar-refractivity contribution is 1.04. The third-order valence-corrected chi connectivity index (χ3v) is 5.95. The van der Waals surface area contributed by atoms with Crippen LogP contribution in [0.2, 0.25) is 0 Å². The van der Waals surface area contributed by atoms with Crippen molar-refractivity contribution in [1.29, 1.82) is 0 Å². The van der Waals surface area contributed by atoms with E-state index in [1.165, 1.54) is 16.3 Å². The molecule has 1 heterocycles. The summed E-state index contributed by atoms with van der Waals surface area (Å²) in [4.78, 5) is 4.45. The van der Waals surface area contributed by atoms with Crippen molar-refractivity contribution in [3.05, 3.63) is 97.1 Å². The maximum Gasteiger partial charge on any atom is 0.0407 e. The number of hydrogen-bond donors (Lipinski definition) is 0. The highest BCUT2D eigenvalue weighted by atomic mass is 31.1. The Balaban J connectivity index is 0.00000127. The lowest BCUT2D eigenvalue weighted by Crippen LogP contribution is -2.06. The van der Waals surface area contributed by atoms with Gasteiger partial charge in [0.2, 0.25) is 0 Å². The van der Waals surface area contributed by atoms with Gasteiger partial charge in [0, 0.05) is 11.9 Å². The van der Waals surface area contributed by atoms with E-state index in [9.17, 15) is 0 Å². The predicted octanol–water partition coefficient (Wildman–Crippen LogP) is 5.71. The van der Waals surface area contributed by atoms with Crippen LogP contribution in [0.3, 0.4) is 0 Å². The van der Waals surface area contributed by atoms with E-state index in [0.717, 1.165) is 12.6 Å². The van der Waals surface area contributed by atoms with Crippen LogP contribution in [0.5, 0.6) is 0 Å². The highest BCUT2D eigenvalue weighted by Gasteiger charge is 2.14. The third-order valence-electron chi connectivity index (χ3n) is 3.33. The molecule has 0 radical (unpaired) electrons. The molecular weight excluding hydrogens is 297 g/mol. The maximum absolute atomic E-state index is 4.45. The summed E-state index contributed by atoms with van der Waals surface area (Å²) >= 11 is 0. The van der Waals surface area contributed by atoms with Gasteiger partial charge in [-0.25, -0.2) is 0 Å². The number of nitrogens with zero attached hydrogens (tertiary/aromatic N) is 1. The molecule has 2 heteroatoms. The summed E-state index contributed by atoms with van der Waals surface area (Å²) in [5.41, 5.74) is 1.18. The standard InChI is InChI=1S/C19H22NP.C2H4/c1-3-10-18(4-2)21(19-12-6-5-7-13-19)16-14-17-11-8-9-15-20-17;1-2/h3-13,15H,14,16H2,1-2H3;1-2H2/b10-3-,18-4+;. The van der Waals surface area contributed by atoms with E-state index in [-0.39, 0.29) is 7.92 Å². The lowest BCUT2D eigenvalue weighted by Gasteiger charge is -2.19. The number of allylic oxidation sites excluding steroid dienone is 4. The molecule has 1 unspecified atom stereocenters. The number of rotatable bonds is 6. The first-order chi connectivity index (χ1) is 11.3. The van der Waals surface area contributed by atoms with Gasteiger partial charge < -0.3 is 0 Å². The van der Waals surface area contributed by atoms with Gasteiger partial charge in [0.25, 0.3) is 0 Å². The molecular formula is C21H26NP. The number of pyridine rings is 1. The molecule has 1 atom stereocenters. The first-order valence-electron chi connectivity index (χ1n) is 7.86. The second kappa shape index (κ2) is 11.6. The van der Waals surface area contributed by atoms with E-state index in [4.69, 9.17) is 0 Å². The lowest BCUT2D eigenvalue weighted by atomic mass is 10.3. The van der Waals surface area contributed by atoms with Crippen LogP contribution in [0.15, 0.2) is 91.4 Å². The maximum atomic E-state index is 4.45. The number of aryl methyl sites for hydroxylation is 1. The Labute approximate surface area is 142 Å². The average Bonchev–Trinajstić information content (AvgIpc) is 2.64. The van der Waals surface area contributed by atoms with Crippen molar-refractivity contribution in [3.8, 4) is 0 Å². The van der Waals surface area contributed by atoms with Crippen molar-refractivity contribution >= 4 is 13.2 Å². The van der Waals surface area contributed by atoms with Gasteiger partial charge in [0.15, 0.2) is 0 Å². The third kappa shape index (κ3) is 6.34. The minimum Gasteiger partial charge on any atom is -0.261 e. The highest BCUT2D eigenvalue weighted by molar-refractivity contribution is 7.69. The first-order valence-corrected chi connectivity index (χ1v) is 9.39. The molecule has 0 aliphatic rings. The normalized spacial score (nSPS) is 12.5. The molecule has 0 bridgehead atoms. The zero-order valence-corrected chi connectivity index (χ0v) is 15.0. The highest BCUT2D eigenvalue weighted by Crippen LogP contribution is 2.44. The Morgan fingerprint density at radius 2 is 1.74 bits per heavy atom. The van der Waals surface area contributed by atoms with E-state index >= 15 is 0 Å². The van der Waals surface area contributed by atoms with Gasteiger partial charge in [-0.3, -0.25) is 4.98 Å². The zero-order chi connectivity index (χ0) is 16.9. The molecule has 2 rings (SSSR count). The van der Waals surface area contributed by atoms with Gasteiger partial charge in [0.1, 0.15) is 0 Å². The van der Waals surface area contributed by atoms with E-state index in [1.54, 1.807) is 0 Å². The summed E-state index contributed by atoms with van der Waals surface area (Å²) in [6.07, 6.45) is 10.7. The van der Waals surface area contributed by atoms with Crippen LogP contribution in [0.1, 0.15) is 19.5 Å². The Kier molecular flexibility index (Phi) is 9.59. The molecule has 1 aromatic heterocycles. The minimum atomic E-state index is -0.315. The molecule has 0 amide bonds. The molecule has 0 spiro atoms. The topological polar surface area (TPSA) is 12.9 Å². The van der Waals surface area contributed by atoms with Crippen LogP contribution in [0, 0.1) is 0 Å². The second-order valence-corrected chi connectivity index (χ2v) is 7.11. The van der Waals surface area contributed by atoms with Crippen molar-refractivity contribution < 1.29 is 0 Å². The van der Waals surface area contributed by atoms with Crippen LogP contribution < -0.4 is 5.30 Å². The van der Waals surface area contributed by atoms with Crippen molar-refractivity contribution in [3.63, 3.8) is 0 Å². The zero-order valence-electron chi connectivity index (χ0n) is 14.2. The van der Waals surface area contributed by atoms with Gasteiger partial charge in [-0.1, -0.05) is 54.6 Å². The molecule has 0 aliphatic carbocycles. The van der Waals surface area contributed by atoms with Crippen molar-refractivity contribution in [1.82, 2.24) is 4.98 Å². The summed E-state index contributed by atoms with van der Waals surface area (Å²) in [6.45, 7) is 10.2. The molecule has 0 aliphatic heterocycles. The van der Waals surface area contributed by atoms with Crippen LogP contribution in [-0.4, -0.2) is 11.1 Å². The van der Waals surface area contributed by atoms with Crippen LogP contribution in [0.4, 0.5) is 0 Å². The fraction of sp³-hybridized carbons (Fsp3) is 0.190. The fourth-order valence-corrected chi connectivity index (χ4v) is 4.74. The molecule has 120 valence electrons. The predicted molar refractivity (Wildman–Crippen MR) is 106 cm³/mol. The number of aromatic nitrogens is 1. The Hall–Kier alpha value is -1.98. The Bertz CT molecular complexity index is 602.